The molecule has 1 heterocycles. The highest BCUT2D eigenvalue weighted by Crippen LogP contribution is 2.51. The smallest absolute Gasteiger partial charge is 0.254 e. The van der Waals surface area contributed by atoms with Gasteiger partial charge < -0.3 is 4.90 Å². The van der Waals surface area contributed by atoms with Crippen molar-refractivity contribution in [3.05, 3.63) is 139 Å². The van der Waals surface area contributed by atoms with E-state index in [1.165, 1.54) is 0 Å². The Bertz CT molecular complexity index is 1790. The molecule has 0 fully saturated rings. The molecule has 0 aliphatic heterocycles. The average Bonchev–Trinajstić information content (AvgIpc) is 3.05. The number of fused-ring (bicyclic) bond motifs is 1. The fourth-order valence-electron chi connectivity index (χ4n) is 5.82. The van der Waals surface area contributed by atoms with Crippen LogP contribution in [0.2, 0.25) is 0 Å². The summed E-state index contributed by atoms with van der Waals surface area (Å²) in [5.41, 5.74) is 10.1. The van der Waals surface area contributed by atoms with Crippen LogP contribution in [0.5, 0.6) is 0 Å². The molecule has 6 aromatic rings. The van der Waals surface area contributed by atoms with Crippen LogP contribution in [-0.4, -0.2) is 28.9 Å². The maximum Gasteiger partial charge on any atom is 0.254 e. The fraction of sp³-hybridized carbons (Fsp3) is 0.105. The third kappa shape index (κ3) is 4.81. The number of hydrogen-bond acceptors (Lipinski definition) is 2. The van der Waals surface area contributed by atoms with Crippen molar-refractivity contribution in [3.8, 4) is 44.5 Å². The zero-order valence-electron chi connectivity index (χ0n) is 23.4. The summed E-state index contributed by atoms with van der Waals surface area (Å²) in [5.74, 6) is 0.0186. The van der Waals surface area contributed by atoms with E-state index in [2.05, 4.69) is 97.1 Å². The largest absolute Gasteiger partial charge is 0.339 e. The molecule has 0 spiro atoms. The van der Waals surface area contributed by atoms with Gasteiger partial charge in [0, 0.05) is 41.4 Å². The highest BCUT2D eigenvalue weighted by molar-refractivity contribution is 6.22. The van der Waals surface area contributed by atoms with Crippen LogP contribution in [0.3, 0.4) is 0 Å². The zero-order valence-corrected chi connectivity index (χ0v) is 23.4. The molecular weight excluding hydrogens is 500 g/mol. The molecule has 0 saturated carbocycles. The minimum Gasteiger partial charge on any atom is -0.339 e. The lowest BCUT2D eigenvalue weighted by Crippen LogP contribution is -2.30. The summed E-state index contributed by atoms with van der Waals surface area (Å²) in [6, 6.07) is 43.8. The summed E-state index contributed by atoms with van der Waals surface area (Å²) in [4.78, 5) is 21.1. The molecule has 3 nitrogen and oxygen atoms in total. The maximum absolute atomic E-state index is 14.2. The van der Waals surface area contributed by atoms with E-state index in [9.17, 15) is 4.79 Å². The van der Waals surface area contributed by atoms with Gasteiger partial charge in [-0.05, 0) is 47.7 Å². The summed E-state index contributed by atoms with van der Waals surface area (Å²) in [6.45, 7) is 5.33. The molecule has 0 unspecified atom stereocenters. The van der Waals surface area contributed by atoms with Crippen molar-refractivity contribution >= 4 is 16.8 Å². The van der Waals surface area contributed by atoms with Crippen molar-refractivity contribution in [2.75, 3.05) is 13.1 Å². The standard InChI is InChI=1S/C38H32N2O/c1-3-40(4-2)38(41)31-25-26-39-37-35(30-23-15-8-16-24-30)33(28-19-11-6-12-20-28)32(27-17-9-5-10-18-27)34(36(31)37)29-21-13-7-14-22-29/h5-26H,3-4H2,1-2H3. The van der Waals surface area contributed by atoms with E-state index in [4.69, 9.17) is 4.98 Å². The van der Waals surface area contributed by atoms with Crippen LogP contribution in [0, 0.1) is 0 Å². The summed E-state index contributed by atoms with van der Waals surface area (Å²) < 4.78 is 0. The monoisotopic (exact) mass is 532 g/mol. The van der Waals surface area contributed by atoms with Gasteiger partial charge in [-0.15, -0.1) is 0 Å². The molecule has 3 heteroatoms. The Labute approximate surface area is 241 Å². The number of aromatic nitrogens is 1. The van der Waals surface area contributed by atoms with Gasteiger partial charge in [0.05, 0.1) is 11.1 Å². The lowest BCUT2D eigenvalue weighted by Gasteiger charge is -2.26. The van der Waals surface area contributed by atoms with Gasteiger partial charge in [-0.2, -0.15) is 0 Å². The second kappa shape index (κ2) is 11.6. The number of carbonyl (C=O) groups is 1. The van der Waals surface area contributed by atoms with Crippen molar-refractivity contribution in [2.24, 2.45) is 0 Å². The summed E-state index contributed by atoms with van der Waals surface area (Å²) >= 11 is 0. The maximum atomic E-state index is 14.2. The first-order valence-electron chi connectivity index (χ1n) is 14.2. The molecule has 5 aromatic carbocycles. The van der Waals surface area contributed by atoms with E-state index in [1.807, 2.05) is 49.1 Å². The minimum atomic E-state index is 0.0186. The van der Waals surface area contributed by atoms with Gasteiger partial charge in [0.2, 0.25) is 0 Å². The van der Waals surface area contributed by atoms with Crippen molar-refractivity contribution in [2.45, 2.75) is 13.8 Å². The number of nitrogens with zero attached hydrogens (tertiary/aromatic N) is 2. The number of carbonyl (C=O) groups excluding carboxylic acids is 1. The third-order valence-electron chi connectivity index (χ3n) is 7.72. The summed E-state index contributed by atoms with van der Waals surface area (Å²) in [5, 5.41) is 0.882. The second-order valence-electron chi connectivity index (χ2n) is 10.0. The predicted molar refractivity (Wildman–Crippen MR) is 171 cm³/mol. The van der Waals surface area contributed by atoms with E-state index in [0.29, 0.717) is 18.7 Å². The Morgan fingerprint density at radius 2 is 0.927 bits per heavy atom. The molecule has 0 aliphatic carbocycles. The van der Waals surface area contributed by atoms with Crippen LogP contribution in [0.4, 0.5) is 0 Å². The first-order chi connectivity index (χ1) is 20.2. The molecule has 41 heavy (non-hydrogen) atoms. The van der Waals surface area contributed by atoms with E-state index in [0.717, 1.165) is 55.4 Å². The van der Waals surface area contributed by atoms with Gasteiger partial charge in [-0.25, -0.2) is 0 Å². The molecule has 0 radical (unpaired) electrons. The molecule has 1 amide bonds. The summed E-state index contributed by atoms with van der Waals surface area (Å²) in [7, 11) is 0. The fourth-order valence-corrected chi connectivity index (χ4v) is 5.82. The number of hydrogen-bond donors (Lipinski definition) is 0. The molecule has 0 bridgehead atoms. The molecule has 200 valence electrons. The van der Waals surface area contributed by atoms with Gasteiger partial charge in [0.25, 0.3) is 5.91 Å². The van der Waals surface area contributed by atoms with Gasteiger partial charge >= 0.3 is 0 Å². The van der Waals surface area contributed by atoms with E-state index in [1.54, 1.807) is 6.20 Å². The SMILES string of the molecule is CCN(CC)C(=O)c1ccnc2c(-c3ccccc3)c(-c3ccccc3)c(-c3ccccc3)c(-c3ccccc3)c12. The lowest BCUT2D eigenvalue weighted by molar-refractivity contribution is 0.0775. The highest BCUT2D eigenvalue weighted by atomic mass is 16.2. The Hall–Kier alpha value is -5.02. The Balaban J connectivity index is 1.91. The Morgan fingerprint density at radius 3 is 1.37 bits per heavy atom. The molecular formula is C38H32N2O. The third-order valence-corrected chi connectivity index (χ3v) is 7.72. The van der Waals surface area contributed by atoms with Gasteiger partial charge in [-0.3, -0.25) is 9.78 Å². The van der Waals surface area contributed by atoms with Gasteiger partial charge in [0.15, 0.2) is 0 Å². The van der Waals surface area contributed by atoms with Crippen LogP contribution < -0.4 is 0 Å². The van der Waals surface area contributed by atoms with Gasteiger partial charge in [0.1, 0.15) is 0 Å². The van der Waals surface area contributed by atoms with E-state index >= 15 is 0 Å². The number of pyridine rings is 1. The summed E-state index contributed by atoms with van der Waals surface area (Å²) in [6.07, 6.45) is 1.79. The van der Waals surface area contributed by atoms with Crippen LogP contribution in [0.15, 0.2) is 134 Å². The van der Waals surface area contributed by atoms with E-state index in [-0.39, 0.29) is 5.91 Å². The van der Waals surface area contributed by atoms with Crippen LogP contribution >= 0.6 is 0 Å². The van der Waals surface area contributed by atoms with Crippen LogP contribution in [-0.2, 0) is 0 Å². The zero-order chi connectivity index (χ0) is 28.2. The van der Waals surface area contributed by atoms with Crippen molar-refractivity contribution in [1.29, 1.82) is 0 Å². The van der Waals surface area contributed by atoms with E-state index < -0.39 is 0 Å². The van der Waals surface area contributed by atoms with Crippen LogP contribution in [0.25, 0.3) is 55.4 Å². The average molecular weight is 533 g/mol. The van der Waals surface area contributed by atoms with Crippen molar-refractivity contribution < 1.29 is 4.79 Å². The molecule has 0 saturated heterocycles. The molecule has 1 aromatic heterocycles. The van der Waals surface area contributed by atoms with Gasteiger partial charge in [-0.1, -0.05) is 121 Å². The molecule has 6 rings (SSSR count). The Morgan fingerprint density at radius 1 is 0.537 bits per heavy atom. The molecule has 0 aliphatic rings. The van der Waals surface area contributed by atoms with Crippen molar-refractivity contribution in [1.82, 2.24) is 9.88 Å². The second-order valence-corrected chi connectivity index (χ2v) is 10.0. The normalized spacial score (nSPS) is 11.0. The molecule has 0 N–H and O–H groups in total. The van der Waals surface area contributed by atoms with Crippen LogP contribution in [0.1, 0.15) is 24.2 Å². The minimum absolute atomic E-state index is 0.0186. The molecule has 0 atom stereocenters. The first kappa shape index (κ1) is 26.2. The quantitative estimate of drug-likeness (QED) is 0.205. The number of amides is 1. The first-order valence-corrected chi connectivity index (χ1v) is 14.2. The van der Waals surface area contributed by atoms with Crippen molar-refractivity contribution in [3.63, 3.8) is 0 Å². The topological polar surface area (TPSA) is 33.2 Å². The number of rotatable bonds is 7. The predicted octanol–water partition coefficient (Wildman–Crippen LogP) is 9.38. The lowest BCUT2D eigenvalue weighted by atomic mass is 9.79. The highest BCUT2D eigenvalue weighted by Gasteiger charge is 2.28. The Kier molecular flexibility index (Phi) is 7.42. The number of benzene rings is 5.